The van der Waals surface area contributed by atoms with Crippen molar-refractivity contribution < 1.29 is 47.4 Å². The number of unbranched alkanes of at least 4 members (excludes halogenated alkanes) is 8. The van der Waals surface area contributed by atoms with Crippen LogP contribution in [0.2, 0.25) is 0 Å². The highest BCUT2D eigenvalue weighted by Crippen LogP contribution is 2.04. The van der Waals surface area contributed by atoms with E-state index in [4.69, 9.17) is 47.4 Å². The fourth-order valence-corrected chi connectivity index (χ4v) is 3.70. The summed E-state index contributed by atoms with van der Waals surface area (Å²) in [4.78, 5) is 0. The summed E-state index contributed by atoms with van der Waals surface area (Å²) in [6, 6.07) is 0. The van der Waals surface area contributed by atoms with Crippen LogP contribution < -0.4 is 0 Å². The molecule has 0 bridgehead atoms. The lowest BCUT2D eigenvalue weighted by atomic mass is 10.1. The molecule has 42 heavy (non-hydrogen) atoms. The summed E-state index contributed by atoms with van der Waals surface area (Å²) in [5.41, 5.74) is 0. The molecule has 0 rings (SSSR count). The van der Waals surface area contributed by atoms with Gasteiger partial charge >= 0.3 is 0 Å². The van der Waals surface area contributed by atoms with Gasteiger partial charge in [0.05, 0.1) is 119 Å². The van der Waals surface area contributed by atoms with Crippen molar-refractivity contribution in [3.63, 3.8) is 0 Å². The minimum Gasteiger partial charge on any atom is -0.379 e. The molecule has 10 nitrogen and oxygen atoms in total. The second-order valence-corrected chi connectivity index (χ2v) is 9.95. The average Bonchev–Trinajstić information content (AvgIpc) is 3.00. The minimum absolute atomic E-state index is 0.535. The molecule has 0 radical (unpaired) electrons. The van der Waals surface area contributed by atoms with Gasteiger partial charge in [-0.3, -0.25) is 0 Å². The van der Waals surface area contributed by atoms with Crippen molar-refractivity contribution in [1.82, 2.24) is 0 Å². The number of hydrogen-bond acceptors (Lipinski definition) is 10. The normalized spacial score (nSPS) is 11.6. The molecule has 0 aliphatic carbocycles. The van der Waals surface area contributed by atoms with E-state index in [9.17, 15) is 0 Å². The fourth-order valence-electron chi connectivity index (χ4n) is 3.70. The molecule has 0 aromatic rings. The van der Waals surface area contributed by atoms with E-state index < -0.39 is 0 Å². The van der Waals surface area contributed by atoms with E-state index in [0.29, 0.717) is 119 Å². The van der Waals surface area contributed by atoms with Gasteiger partial charge in [0.1, 0.15) is 0 Å². The Balaban J connectivity index is 3.02. The fraction of sp³-hybridized carbons (Fsp3) is 1.00. The Bertz CT molecular complexity index is 419. The summed E-state index contributed by atoms with van der Waals surface area (Å²) < 4.78 is 55.0. The van der Waals surface area contributed by atoms with Crippen molar-refractivity contribution in [2.24, 2.45) is 0 Å². The van der Waals surface area contributed by atoms with Gasteiger partial charge in [-0.05, 0) is 12.8 Å². The van der Waals surface area contributed by atoms with Gasteiger partial charge in [0, 0.05) is 13.2 Å². The number of rotatable bonds is 39. The van der Waals surface area contributed by atoms with Crippen molar-refractivity contribution in [2.45, 2.75) is 78.1 Å². The first kappa shape index (κ1) is 41.6. The van der Waals surface area contributed by atoms with Crippen LogP contribution in [-0.2, 0) is 47.4 Å². The Hall–Kier alpha value is -0.400. The maximum atomic E-state index is 5.58. The molecule has 254 valence electrons. The molecule has 0 atom stereocenters. The summed E-state index contributed by atoms with van der Waals surface area (Å²) in [6.07, 6.45) is 12.6. The molecule has 0 fully saturated rings. The van der Waals surface area contributed by atoms with Crippen LogP contribution >= 0.6 is 0 Å². The smallest absolute Gasteiger partial charge is 0.0701 e. The van der Waals surface area contributed by atoms with Gasteiger partial charge in [0.15, 0.2) is 0 Å². The molecule has 0 aliphatic rings. The molecule has 0 aliphatic heterocycles. The third kappa shape index (κ3) is 39.6. The summed E-state index contributed by atoms with van der Waals surface area (Å²) in [5.74, 6) is 0. The molecular weight excluding hydrogens is 544 g/mol. The van der Waals surface area contributed by atoms with Gasteiger partial charge in [-0.15, -0.1) is 0 Å². The lowest BCUT2D eigenvalue weighted by molar-refractivity contribution is -0.0264. The lowest BCUT2D eigenvalue weighted by Gasteiger charge is -2.09. The Labute approximate surface area is 257 Å². The second kappa shape index (κ2) is 40.6. The topological polar surface area (TPSA) is 92.3 Å². The number of ether oxygens (including phenoxy) is 10. The molecule has 0 N–H and O–H groups in total. The first-order chi connectivity index (χ1) is 20.9. The van der Waals surface area contributed by atoms with Crippen molar-refractivity contribution in [1.29, 1.82) is 0 Å². The maximum absolute atomic E-state index is 5.58. The molecule has 0 saturated heterocycles. The molecule has 0 unspecified atom stereocenters. The molecule has 10 heteroatoms. The summed E-state index contributed by atoms with van der Waals surface area (Å²) in [5, 5.41) is 0. The highest BCUT2D eigenvalue weighted by Gasteiger charge is 1.96. The first-order valence-electron chi connectivity index (χ1n) is 16.7. The Morgan fingerprint density at radius 2 is 0.357 bits per heavy atom. The SMILES string of the molecule is CCCCCCCCOCCOCCOCCOCCOCCOCCOCCOCCOCCOCCCCCC. The second-order valence-electron chi connectivity index (χ2n) is 9.95. The molecule has 0 aromatic heterocycles. The van der Waals surface area contributed by atoms with E-state index in [1.807, 2.05) is 0 Å². The van der Waals surface area contributed by atoms with Gasteiger partial charge in [0.2, 0.25) is 0 Å². The van der Waals surface area contributed by atoms with Crippen molar-refractivity contribution >= 4 is 0 Å². The van der Waals surface area contributed by atoms with Crippen LogP contribution in [0.1, 0.15) is 78.1 Å². The van der Waals surface area contributed by atoms with Crippen LogP contribution in [0, 0.1) is 0 Å². The van der Waals surface area contributed by atoms with Crippen LogP contribution in [0.3, 0.4) is 0 Å². The molecular formula is C32H66O10. The van der Waals surface area contributed by atoms with E-state index >= 15 is 0 Å². The zero-order valence-corrected chi connectivity index (χ0v) is 27.3. The zero-order valence-electron chi connectivity index (χ0n) is 27.3. The van der Waals surface area contributed by atoms with E-state index in [-0.39, 0.29) is 0 Å². The van der Waals surface area contributed by atoms with Crippen LogP contribution in [0.25, 0.3) is 0 Å². The summed E-state index contributed by atoms with van der Waals surface area (Å²) in [7, 11) is 0. The third-order valence-corrected chi connectivity index (χ3v) is 6.13. The Morgan fingerprint density at radius 1 is 0.190 bits per heavy atom. The van der Waals surface area contributed by atoms with Gasteiger partial charge in [0.25, 0.3) is 0 Å². The highest BCUT2D eigenvalue weighted by atomic mass is 16.6. The quantitative estimate of drug-likeness (QED) is 0.0876. The van der Waals surface area contributed by atoms with E-state index in [0.717, 1.165) is 26.1 Å². The number of hydrogen-bond donors (Lipinski definition) is 0. The first-order valence-corrected chi connectivity index (χ1v) is 16.7. The van der Waals surface area contributed by atoms with Crippen molar-refractivity contribution in [2.75, 3.05) is 132 Å². The Kier molecular flexibility index (Phi) is 40.2. The van der Waals surface area contributed by atoms with Gasteiger partial charge in [-0.2, -0.15) is 0 Å². The Morgan fingerprint density at radius 3 is 0.595 bits per heavy atom. The minimum atomic E-state index is 0.535. The van der Waals surface area contributed by atoms with Gasteiger partial charge in [-0.1, -0.05) is 65.2 Å². The monoisotopic (exact) mass is 610 g/mol. The third-order valence-electron chi connectivity index (χ3n) is 6.13. The average molecular weight is 611 g/mol. The van der Waals surface area contributed by atoms with E-state index in [2.05, 4.69) is 13.8 Å². The standard InChI is InChI=1S/C32H66O10/c1-3-5-7-9-10-12-14-34-16-18-36-20-22-38-24-26-40-28-30-42-32-31-41-29-27-39-25-23-37-21-19-35-17-15-33-13-11-8-6-4-2/h3-32H2,1-2H3. The van der Waals surface area contributed by atoms with Gasteiger partial charge in [-0.25, -0.2) is 0 Å². The van der Waals surface area contributed by atoms with Crippen LogP contribution in [-0.4, -0.2) is 132 Å². The highest BCUT2D eigenvalue weighted by molar-refractivity contribution is 4.44. The van der Waals surface area contributed by atoms with Crippen LogP contribution in [0.15, 0.2) is 0 Å². The largest absolute Gasteiger partial charge is 0.379 e. The van der Waals surface area contributed by atoms with E-state index in [1.165, 1.54) is 51.4 Å². The van der Waals surface area contributed by atoms with Crippen LogP contribution in [0.4, 0.5) is 0 Å². The molecule has 0 amide bonds. The summed E-state index contributed by atoms with van der Waals surface area (Å²) >= 11 is 0. The zero-order chi connectivity index (χ0) is 30.3. The summed E-state index contributed by atoms with van der Waals surface area (Å²) in [6.45, 7) is 16.3. The molecule has 0 aromatic carbocycles. The predicted molar refractivity (Wildman–Crippen MR) is 166 cm³/mol. The van der Waals surface area contributed by atoms with Crippen molar-refractivity contribution in [3.05, 3.63) is 0 Å². The predicted octanol–water partition coefficient (Wildman–Crippen LogP) is 5.09. The van der Waals surface area contributed by atoms with Gasteiger partial charge < -0.3 is 47.4 Å². The maximum Gasteiger partial charge on any atom is 0.0701 e. The van der Waals surface area contributed by atoms with Crippen LogP contribution in [0.5, 0.6) is 0 Å². The lowest BCUT2D eigenvalue weighted by Crippen LogP contribution is -2.15. The van der Waals surface area contributed by atoms with Crippen molar-refractivity contribution in [3.8, 4) is 0 Å². The molecule has 0 spiro atoms. The van der Waals surface area contributed by atoms with E-state index in [1.54, 1.807) is 0 Å². The molecule has 0 heterocycles. The molecule has 0 saturated carbocycles.